The van der Waals surface area contributed by atoms with Crippen LogP contribution in [-0.2, 0) is 10.0 Å². The third-order valence-corrected chi connectivity index (χ3v) is 4.03. The molecule has 2 aromatic rings. The molecular weight excluding hydrogens is 309 g/mol. The molecule has 0 radical (unpaired) electrons. The lowest BCUT2D eigenvalue weighted by molar-refractivity contribution is 0.0981. The third-order valence-electron chi connectivity index (χ3n) is 2.78. The molecular formula is C15H14FNO4S. The van der Waals surface area contributed by atoms with E-state index in [9.17, 15) is 17.6 Å². The Kier molecular flexibility index (Phi) is 4.77. The monoisotopic (exact) mass is 323 g/mol. The molecule has 1 amide bonds. The Labute approximate surface area is 127 Å². The summed E-state index contributed by atoms with van der Waals surface area (Å²) in [6.45, 7) is 1.44. The number of hydrogen-bond donors (Lipinski definition) is 1. The van der Waals surface area contributed by atoms with Crippen molar-refractivity contribution >= 4 is 15.9 Å². The SMILES string of the molecule is CCS(=O)(=O)NC(=O)c1ccc(Oc2cccc(F)c2)cc1. The third kappa shape index (κ3) is 4.29. The van der Waals surface area contributed by atoms with Gasteiger partial charge >= 0.3 is 0 Å². The van der Waals surface area contributed by atoms with Gasteiger partial charge in [-0.2, -0.15) is 0 Å². The number of carbonyl (C=O) groups is 1. The molecule has 22 heavy (non-hydrogen) atoms. The fourth-order valence-electron chi connectivity index (χ4n) is 1.61. The first-order valence-corrected chi connectivity index (χ1v) is 8.13. The van der Waals surface area contributed by atoms with Gasteiger partial charge in [0.1, 0.15) is 17.3 Å². The highest BCUT2D eigenvalue weighted by Crippen LogP contribution is 2.22. The van der Waals surface area contributed by atoms with Crippen molar-refractivity contribution in [2.24, 2.45) is 0 Å². The molecule has 0 aromatic heterocycles. The van der Waals surface area contributed by atoms with Gasteiger partial charge in [0.2, 0.25) is 10.0 Å². The minimum atomic E-state index is -3.60. The van der Waals surface area contributed by atoms with Crippen molar-refractivity contribution < 1.29 is 22.3 Å². The first-order chi connectivity index (χ1) is 10.4. The number of ether oxygens (including phenoxy) is 1. The quantitative estimate of drug-likeness (QED) is 0.918. The maximum absolute atomic E-state index is 13.0. The van der Waals surface area contributed by atoms with Gasteiger partial charge in [-0.25, -0.2) is 17.5 Å². The van der Waals surface area contributed by atoms with Gasteiger partial charge in [-0.15, -0.1) is 0 Å². The van der Waals surface area contributed by atoms with Crippen LogP contribution in [0.2, 0.25) is 0 Å². The molecule has 0 aliphatic heterocycles. The molecule has 2 rings (SSSR count). The Morgan fingerprint density at radius 2 is 1.82 bits per heavy atom. The lowest BCUT2D eigenvalue weighted by Crippen LogP contribution is -2.31. The number of nitrogens with one attached hydrogen (secondary N) is 1. The van der Waals surface area contributed by atoms with Gasteiger partial charge in [-0.05, 0) is 43.3 Å². The van der Waals surface area contributed by atoms with Crippen molar-refractivity contribution in [3.63, 3.8) is 0 Å². The van der Waals surface area contributed by atoms with Crippen molar-refractivity contribution in [2.45, 2.75) is 6.92 Å². The highest BCUT2D eigenvalue weighted by Gasteiger charge is 2.13. The number of sulfonamides is 1. The fraction of sp³-hybridized carbons (Fsp3) is 0.133. The van der Waals surface area contributed by atoms with Crippen molar-refractivity contribution in [1.82, 2.24) is 4.72 Å². The summed E-state index contributed by atoms with van der Waals surface area (Å²) < 4.78 is 43.1. The molecule has 1 N–H and O–H groups in total. The lowest BCUT2D eigenvalue weighted by atomic mass is 10.2. The summed E-state index contributed by atoms with van der Waals surface area (Å²) in [6.07, 6.45) is 0. The van der Waals surface area contributed by atoms with Gasteiger partial charge in [0.15, 0.2) is 0 Å². The zero-order valence-corrected chi connectivity index (χ0v) is 12.6. The Bertz CT molecular complexity index is 772. The van der Waals surface area contributed by atoms with Crippen molar-refractivity contribution in [1.29, 1.82) is 0 Å². The van der Waals surface area contributed by atoms with E-state index >= 15 is 0 Å². The highest BCUT2D eigenvalue weighted by molar-refractivity contribution is 7.90. The predicted molar refractivity (Wildman–Crippen MR) is 79.8 cm³/mol. The van der Waals surface area contributed by atoms with Crippen LogP contribution in [0.15, 0.2) is 48.5 Å². The van der Waals surface area contributed by atoms with Gasteiger partial charge in [0.05, 0.1) is 5.75 Å². The van der Waals surface area contributed by atoms with E-state index in [-0.39, 0.29) is 11.3 Å². The Morgan fingerprint density at radius 1 is 1.14 bits per heavy atom. The summed E-state index contributed by atoms with van der Waals surface area (Å²) in [4.78, 5) is 11.8. The highest BCUT2D eigenvalue weighted by atomic mass is 32.2. The van der Waals surface area contributed by atoms with E-state index < -0.39 is 21.7 Å². The zero-order valence-electron chi connectivity index (χ0n) is 11.7. The fourth-order valence-corrected chi connectivity index (χ4v) is 2.16. The van der Waals surface area contributed by atoms with E-state index in [4.69, 9.17) is 4.74 Å². The van der Waals surface area contributed by atoms with Crippen LogP contribution in [0.25, 0.3) is 0 Å². The molecule has 0 aliphatic rings. The Balaban J connectivity index is 2.09. The van der Waals surface area contributed by atoms with Gasteiger partial charge < -0.3 is 4.74 Å². The largest absolute Gasteiger partial charge is 0.457 e. The van der Waals surface area contributed by atoms with E-state index in [1.54, 1.807) is 6.07 Å². The average Bonchev–Trinajstić information content (AvgIpc) is 2.47. The van der Waals surface area contributed by atoms with Crippen LogP contribution >= 0.6 is 0 Å². The molecule has 0 heterocycles. The number of benzene rings is 2. The summed E-state index contributed by atoms with van der Waals surface area (Å²) in [5, 5.41) is 0. The number of hydrogen-bond acceptors (Lipinski definition) is 4. The number of rotatable bonds is 5. The van der Waals surface area contributed by atoms with Crippen LogP contribution in [0.4, 0.5) is 4.39 Å². The Hall–Kier alpha value is -2.41. The second-order valence-electron chi connectivity index (χ2n) is 4.42. The van der Waals surface area contributed by atoms with Gasteiger partial charge in [-0.1, -0.05) is 6.07 Å². The summed E-state index contributed by atoms with van der Waals surface area (Å²) in [5.74, 6) is -0.580. The molecule has 0 atom stereocenters. The minimum Gasteiger partial charge on any atom is -0.457 e. The van der Waals surface area contributed by atoms with Crippen LogP contribution in [0.3, 0.4) is 0 Å². The summed E-state index contributed by atoms with van der Waals surface area (Å²) >= 11 is 0. The van der Waals surface area contributed by atoms with Gasteiger partial charge in [-0.3, -0.25) is 4.79 Å². The normalized spacial score (nSPS) is 11.0. The molecule has 116 valence electrons. The van der Waals surface area contributed by atoms with Crippen LogP contribution in [0.1, 0.15) is 17.3 Å². The van der Waals surface area contributed by atoms with E-state index in [1.807, 2.05) is 4.72 Å². The standard InChI is InChI=1S/C15H14FNO4S/c1-2-22(19,20)17-15(18)11-6-8-13(9-7-11)21-14-5-3-4-12(16)10-14/h3-10H,2H2,1H3,(H,17,18). The molecule has 0 bridgehead atoms. The molecule has 0 fully saturated rings. The molecule has 2 aromatic carbocycles. The molecule has 0 unspecified atom stereocenters. The van der Waals surface area contributed by atoms with Gasteiger partial charge in [0.25, 0.3) is 5.91 Å². The molecule has 0 spiro atoms. The maximum Gasteiger partial charge on any atom is 0.264 e. The summed E-state index contributed by atoms with van der Waals surface area (Å²) in [6, 6.07) is 11.5. The van der Waals surface area contributed by atoms with Gasteiger partial charge in [0, 0.05) is 11.6 Å². The van der Waals surface area contributed by atoms with Crippen molar-refractivity contribution in [3.05, 3.63) is 59.9 Å². The van der Waals surface area contributed by atoms with Crippen molar-refractivity contribution in [2.75, 3.05) is 5.75 Å². The van der Waals surface area contributed by atoms with Crippen molar-refractivity contribution in [3.8, 4) is 11.5 Å². The molecule has 0 saturated heterocycles. The van der Waals surface area contributed by atoms with Crippen LogP contribution in [-0.4, -0.2) is 20.1 Å². The molecule has 0 aliphatic carbocycles. The smallest absolute Gasteiger partial charge is 0.264 e. The summed E-state index contributed by atoms with van der Waals surface area (Å²) in [5.41, 5.74) is 0.184. The molecule has 7 heteroatoms. The van der Waals surface area contributed by atoms with Crippen LogP contribution in [0.5, 0.6) is 11.5 Å². The second-order valence-corrected chi connectivity index (χ2v) is 6.43. The number of amides is 1. The topological polar surface area (TPSA) is 72.5 Å². The first kappa shape index (κ1) is 16.0. The van der Waals surface area contributed by atoms with E-state index in [1.165, 1.54) is 49.4 Å². The maximum atomic E-state index is 13.0. The first-order valence-electron chi connectivity index (χ1n) is 6.48. The number of halogens is 1. The van der Waals surface area contributed by atoms with E-state index in [0.717, 1.165) is 0 Å². The summed E-state index contributed by atoms with van der Waals surface area (Å²) in [7, 11) is -3.60. The molecule has 0 saturated carbocycles. The lowest BCUT2D eigenvalue weighted by Gasteiger charge is -2.07. The van der Waals surface area contributed by atoms with E-state index in [0.29, 0.717) is 11.5 Å². The molecule has 5 nitrogen and oxygen atoms in total. The van der Waals surface area contributed by atoms with E-state index in [2.05, 4.69) is 0 Å². The average molecular weight is 323 g/mol. The second kappa shape index (κ2) is 6.57. The predicted octanol–water partition coefficient (Wildman–Crippen LogP) is 2.70. The minimum absolute atomic E-state index is 0.181. The number of carbonyl (C=O) groups excluding carboxylic acids is 1. The Morgan fingerprint density at radius 3 is 2.41 bits per heavy atom. The zero-order chi connectivity index (χ0) is 16.2. The van der Waals surface area contributed by atoms with Crippen LogP contribution in [0, 0.1) is 5.82 Å². The van der Waals surface area contributed by atoms with Crippen LogP contribution < -0.4 is 9.46 Å².